The average molecular weight is 205 g/mol. The highest BCUT2D eigenvalue weighted by molar-refractivity contribution is 7.07. The summed E-state index contributed by atoms with van der Waals surface area (Å²) in [5.74, 6) is 0. The van der Waals surface area contributed by atoms with Gasteiger partial charge in [0.1, 0.15) is 0 Å². The molecule has 1 heterocycles. The van der Waals surface area contributed by atoms with E-state index in [1.54, 1.807) is 18.4 Å². The van der Waals surface area contributed by atoms with Gasteiger partial charge in [-0.25, -0.2) is 0 Å². The van der Waals surface area contributed by atoms with Crippen LogP contribution in [0.25, 0.3) is 0 Å². The molecule has 1 nitrogen and oxygen atoms in total. The smallest absolute Gasteiger partial charge is 0.0626 e. The molecule has 0 aliphatic heterocycles. The van der Waals surface area contributed by atoms with Gasteiger partial charge in [0, 0.05) is 7.11 Å². The molecule has 68 valence electrons. The third-order valence-electron chi connectivity index (χ3n) is 1.67. The summed E-state index contributed by atoms with van der Waals surface area (Å²) >= 11 is 7.71. The van der Waals surface area contributed by atoms with Crippen LogP contribution in [-0.4, -0.2) is 19.1 Å². The van der Waals surface area contributed by atoms with Gasteiger partial charge in [-0.2, -0.15) is 11.3 Å². The van der Waals surface area contributed by atoms with Crippen LogP contribution in [0.1, 0.15) is 12.0 Å². The number of aryl methyl sites for hydroxylation is 1. The lowest BCUT2D eigenvalue weighted by Crippen LogP contribution is -2.07. The molecule has 0 saturated carbocycles. The maximum Gasteiger partial charge on any atom is 0.0626 e. The molecule has 0 aliphatic rings. The number of halogens is 1. The van der Waals surface area contributed by atoms with Crippen molar-refractivity contribution < 1.29 is 4.74 Å². The molecule has 0 bridgehead atoms. The van der Waals surface area contributed by atoms with Crippen LogP contribution in [0.3, 0.4) is 0 Å². The van der Waals surface area contributed by atoms with Crippen LogP contribution in [0, 0.1) is 0 Å². The molecule has 0 spiro atoms. The van der Waals surface area contributed by atoms with E-state index in [0.29, 0.717) is 6.61 Å². The zero-order chi connectivity index (χ0) is 8.81. The molecule has 1 aromatic heterocycles. The Morgan fingerprint density at radius 1 is 1.67 bits per heavy atom. The number of methoxy groups -OCH3 is 1. The molecule has 1 atom stereocenters. The summed E-state index contributed by atoms with van der Waals surface area (Å²) in [4.78, 5) is 0. The van der Waals surface area contributed by atoms with Crippen LogP contribution < -0.4 is 0 Å². The Kier molecular flexibility index (Phi) is 4.66. The lowest BCUT2D eigenvalue weighted by Gasteiger charge is -2.06. The van der Waals surface area contributed by atoms with Crippen molar-refractivity contribution in [3.63, 3.8) is 0 Å². The van der Waals surface area contributed by atoms with E-state index in [-0.39, 0.29) is 5.38 Å². The SMILES string of the molecule is COCC(Cl)CCc1ccsc1. The van der Waals surface area contributed by atoms with Crippen LogP contribution in [0.4, 0.5) is 0 Å². The zero-order valence-electron chi connectivity index (χ0n) is 7.13. The Bertz CT molecular complexity index is 198. The fraction of sp³-hybridized carbons (Fsp3) is 0.556. The Balaban J connectivity index is 2.17. The first-order valence-electron chi connectivity index (χ1n) is 3.97. The zero-order valence-corrected chi connectivity index (χ0v) is 8.70. The van der Waals surface area contributed by atoms with Gasteiger partial charge in [0.2, 0.25) is 0 Å². The summed E-state index contributed by atoms with van der Waals surface area (Å²) in [6.45, 7) is 0.645. The van der Waals surface area contributed by atoms with E-state index in [0.717, 1.165) is 12.8 Å². The molecule has 0 aromatic carbocycles. The number of alkyl halides is 1. The Hall–Kier alpha value is -0.0500. The van der Waals surface area contributed by atoms with Crippen molar-refractivity contribution in [1.29, 1.82) is 0 Å². The molecule has 0 aliphatic carbocycles. The highest BCUT2D eigenvalue weighted by Gasteiger charge is 2.03. The van der Waals surface area contributed by atoms with Crippen molar-refractivity contribution in [2.75, 3.05) is 13.7 Å². The molecule has 0 fully saturated rings. The lowest BCUT2D eigenvalue weighted by atomic mass is 10.1. The van der Waals surface area contributed by atoms with E-state index >= 15 is 0 Å². The van der Waals surface area contributed by atoms with E-state index in [4.69, 9.17) is 16.3 Å². The number of rotatable bonds is 5. The minimum absolute atomic E-state index is 0.148. The van der Waals surface area contributed by atoms with E-state index in [1.165, 1.54) is 5.56 Å². The number of ether oxygens (including phenoxy) is 1. The van der Waals surface area contributed by atoms with Crippen LogP contribution >= 0.6 is 22.9 Å². The highest BCUT2D eigenvalue weighted by atomic mass is 35.5. The summed E-state index contributed by atoms with van der Waals surface area (Å²) in [6, 6.07) is 2.14. The topological polar surface area (TPSA) is 9.23 Å². The predicted molar refractivity (Wildman–Crippen MR) is 54.2 cm³/mol. The highest BCUT2D eigenvalue weighted by Crippen LogP contribution is 2.12. The van der Waals surface area contributed by atoms with Crippen LogP contribution in [0.15, 0.2) is 16.8 Å². The van der Waals surface area contributed by atoms with Gasteiger partial charge in [-0.1, -0.05) is 0 Å². The quantitative estimate of drug-likeness (QED) is 0.671. The molecule has 1 rings (SSSR count). The Morgan fingerprint density at radius 2 is 2.50 bits per heavy atom. The second-order valence-corrected chi connectivity index (χ2v) is 4.12. The first-order valence-corrected chi connectivity index (χ1v) is 5.35. The van der Waals surface area contributed by atoms with Crippen LogP contribution in [-0.2, 0) is 11.2 Å². The van der Waals surface area contributed by atoms with Gasteiger partial charge in [-0.05, 0) is 35.2 Å². The third kappa shape index (κ3) is 3.57. The molecule has 0 radical (unpaired) electrons. The molecule has 1 unspecified atom stereocenters. The summed E-state index contributed by atoms with van der Waals surface area (Å²) in [6.07, 6.45) is 2.05. The minimum atomic E-state index is 0.148. The second kappa shape index (κ2) is 5.57. The molecule has 0 amide bonds. The van der Waals surface area contributed by atoms with Crippen molar-refractivity contribution in [2.24, 2.45) is 0 Å². The second-order valence-electron chi connectivity index (χ2n) is 2.72. The maximum absolute atomic E-state index is 5.98. The first kappa shape index (κ1) is 10.0. The van der Waals surface area contributed by atoms with Gasteiger partial charge in [0.25, 0.3) is 0 Å². The van der Waals surface area contributed by atoms with E-state index in [1.807, 2.05) is 0 Å². The molecule has 1 aromatic rings. The number of hydrogen-bond donors (Lipinski definition) is 0. The predicted octanol–water partition coefficient (Wildman–Crippen LogP) is 2.93. The average Bonchev–Trinajstić information content (AvgIpc) is 2.53. The Labute approximate surface area is 82.3 Å². The standard InChI is InChI=1S/C9H13ClOS/c1-11-6-9(10)3-2-8-4-5-12-7-8/h4-5,7,9H,2-3,6H2,1H3. The molecule has 12 heavy (non-hydrogen) atoms. The fourth-order valence-corrected chi connectivity index (χ4v) is 1.96. The fourth-order valence-electron chi connectivity index (χ4n) is 1.02. The Morgan fingerprint density at radius 3 is 3.08 bits per heavy atom. The van der Waals surface area contributed by atoms with Gasteiger partial charge >= 0.3 is 0 Å². The largest absolute Gasteiger partial charge is 0.383 e. The van der Waals surface area contributed by atoms with Crippen molar-refractivity contribution in [3.05, 3.63) is 22.4 Å². The first-order chi connectivity index (χ1) is 5.83. The van der Waals surface area contributed by atoms with Crippen LogP contribution in [0.2, 0.25) is 0 Å². The summed E-state index contributed by atoms with van der Waals surface area (Å²) in [5.41, 5.74) is 1.38. The minimum Gasteiger partial charge on any atom is -0.383 e. The number of hydrogen-bond acceptors (Lipinski definition) is 2. The normalized spacial score (nSPS) is 13.2. The number of thiophene rings is 1. The monoisotopic (exact) mass is 204 g/mol. The van der Waals surface area contributed by atoms with Crippen molar-refractivity contribution >= 4 is 22.9 Å². The lowest BCUT2D eigenvalue weighted by molar-refractivity contribution is 0.195. The summed E-state index contributed by atoms with van der Waals surface area (Å²) in [7, 11) is 1.68. The van der Waals surface area contributed by atoms with E-state index in [2.05, 4.69) is 16.8 Å². The molecule has 3 heteroatoms. The molecule has 0 saturated heterocycles. The van der Waals surface area contributed by atoms with Gasteiger partial charge in [-0.3, -0.25) is 0 Å². The summed E-state index contributed by atoms with van der Waals surface area (Å²) < 4.78 is 4.94. The van der Waals surface area contributed by atoms with Crippen LogP contribution in [0.5, 0.6) is 0 Å². The third-order valence-corrected chi connectivity index (χ3v) is 2.75. The van der Waals surface area contributed by atoms with Gasteiger partial charge in [0.05, 0.1) is 12.0 Å². The summed E-state index contributed by atoms with van der Waals surface area (Å²) in [5, 5.41) is 4.40. The van der Waals surface area contributed by atoms with E-state index < -0.39 is 0 Å². The molecule has 0 N–H and O–H groups in total. The van der Waals surface area contributed by atoms with E-state index in [9.17, 15) is 0 Å². The molecular weight excluding hydrogens is 192 g/mol. The van der Waals surface area contributed by atoms with Crippen molar-refractivity contribution in [1.82, 2.24) is 0 Å². The maximum atomic E-state index is 5.98. The van der Waals surface area contributed by atoms with Gasteiger partial charge in [0.15, 0.2) is 0 Å². The van der Waals surface area contributed by atoms with Gasteiger partial charge < -0.3 is 4.74 Å². The molecular formula is C9H13ClOS. The van der Waals surface area contributed by atoms with Crippen molar-refractivity contribution in [3.8, 4) is 0 Å². The van der Waals surface area contributed by atoms with Gasteiger partial charge in [-0.15, -0.1) is 11.6 Å². The van der Waals surface area contributed by atoms with Crippen molar-refractivity contribution in [2.45, 2.75) is 18.2 Å².